The molecule has 1 fully saturated rings. The topological polar surface area (TPSA) is 67.4 Å². The minimum Gasteiger partial charge on any atom is -0.444 e. The Morgan fingerprint density at radius 1 is 1.53 bits per heavy atom. The Morgan fingerprint density at radius 3 is 2.73 bits per heavy atom. The Bertz CT molecular complexity index is 258. The average molecular weight is 214 g/mol. The van der Waals surface area contributed by atoms with E-state index in [0.29, 0.717) is 13.0 Å². The number of hydrogen-bond acceptors (Lipinski definition) is 3. The van der Waals surface area contributed by atoms with Gasteiger partial charge in [0, 0.05) is 19.0 Å². The first-order chi connectivity index (χ1) is 6.87. The van der Waals surface area contributed by atoms with Crippen molar-refractivity contribution in [3.05, 3.63) is 0 Å². The van der Waals surface area contributed by atoms with Gasteiger partial charge in [0.25, 0.3) is 0 Å². The maximum Gasteiger partial charge on any atom is 0.407 e. The van der Waals surface area contributed by atoms with Crippen molar-refractivity contribution < 1.29 is 14.3 Å². The third kappa shape index (κ3) is 4.67. The summed E-state index contributed by atoms with van der Waals surface area (Å²) in [7, 11) is 0. The van der Waals surface area contributed by atoms with Crippen molar-refractivity contribution in [1.29, 1.82) is 0 Å². The molecule has 2 amide bonds. The van der Waals surface area contributed by atoms with Crippen molar-refractivity contribution in [3.8, 4) is 0 Å². The Kier molecular flexibility index (Phi) is 3.55. The second kappa shape index (κ2) is 4.51. The molecule has 0 unspecified atom stereocenters. The highest BCUT2D eigenvalue weighted by Crippen LogP contribution is 2.09. The van der Waals surface area contributed by atoms with Gasteiger partial charge in [-0.3, -0.25) is 4.79 Å². The third-order valence-electron chi connectivity index (χ3n) is 1.97. The predicted octanol–water partition coefficient (Wildman–Crippen LogP) is 0.790. The van der Waals surface area contributed by atoms with Crippen LogP contribution in [0.25, 0.3) is 0 Å². The first-order valence-corrected chi connectivity index (χ1v) is 5.13. The summed E-state index contributed by atoms with van der Waals surface area (Å²) in [5.74, 6) is -0.0256. The highest BCUT2D eigenvalue weighted by atomic mass is 16.6. The molecule has 0 spiro atoms. The molecule has 0 aromatic carbocycles. The number of alkyl carbamates (subject to hydrolysis) is 1. The van der Waals surface area contributed by atoms with Crippen LogP contribution in [0.5, 0.6) is 0 Å². The normalized spacial score (nSPS) is 21.8. The van der Waals surface area contributed by atoms with Gasteiger partial charge in [-0.25, -0.2) is 4.79 Å². The fraction of sp³-hybridized carbons (Fsp3) is 0.800. The molecule has 0 aliphatic carbocycles. The zero-order chi connectivity index (χ0) is 11.5. The number of piperidine rings is 1. The quantitative estimate of drug-likeness (QED) is 0.678. The van der Waals surface area contributed by atoms with Crippen LogP contribution in [0, 0.1) is 0 Å². The Labute approximate surface area is 89.6 Å². The van der Waals surface area contributed by atoms with Crippen LogP contribution in [-0.4, -0.2) is 30.2 Å². The maximum absolute atomic E-state index is 11.4. The van der Waals surface area contributed by atoms with Gasteiger partial charge in [0.2, 0.25) is 5.91 Å². The molecule has 2 N–H and O–H groups in total. The van der Waals surface area contributed by atoms with E-state index in [9.17, 15) is 9.59 Å². The van der Waals surface area contributed by atoms with Crippen LogP contribution >= 0.6 is 0 Å². The van der Waals surface area contributed by atoms with Crippen LogP contribution in [0.4, 0.5) is 4.79 Å². The number of ether oxygens (including phenoxy) is 1. The lowest BCUT2D eigenvalue weighted by atomic mass is 10.1. The van der Waals surface area contributed by atoms with Crippen molar-refractivity contribution in [1.82, 2.24) is 10.6 Å². The van der Waals surface area contributed by atoms with E-state index in [4.69, 9.17) is 4.74 Å². The summed E-state index contributed by atoms with van der Waals surface area (Å²) < 4.78 is 5.09. The number of carbonyl (C=O) groups is 2. The Balaban J connectivity index is 2.34. The molecule has 86 valence electrons. The second-order valence-electron chi connectivity index (χ2n) is 4.69. The number of nitrogens with one attached hydrogen (secondary N) is 2. The van der Waals surface area contributed by atoms with Crippen molar-refractivity contribution in [2.24, 2.45) is 0 Å². The summed E-state index contributed by atoms with van der Waals surface area (Å²) in [6, 6.07) is -0.103. The maximum atomic E-state index is 11.4. The Hall–Kier alpha value is -1.26. The number of carbonyl (C=O) groups excluding carboxylic acids is 2. The van der Waals surface area contributed by atoms with E-state index in [-0.39, 0.29) is 11.9 Å². The van der Waals surface area contributed by atoms with Crippen molar-refractivity contribution in [2.75, 3.05) is 6.54 Å². The van der Waals surface area contributed by atoms with Gasteiger partial charge in [-0.1, -0.05) is 0 Å². The van der Waals surface area contributed by atoms with Crippen LogP contribution in [0.1, 0.15) is 33.6 Å². The Morgan fingerprint density at radius 2 is 2.20 bits per heavy atom. The fourth-order valence-electron chi connectivity index (χ4n) is 1.38. The third-order valence-corrected chi connectivity index (χ3v) is 1.97. The van der Waals surface area contributed by atoms with Gasteiger partial charge in [0.15, 0.2) is 0 Å². The predicted molar refractivity (Wildman–Crippen MR) is 55.4 cm³/mol. The van der Waals surface area contributed by atoms with Gasteiger partial charge >= 0.3 is 6.09 Å². The summed E-state index contributed by atoms with van der Waals surface area (Å²) in [5.41, 5.74) is -0.499. The standard InChI is InChI=1S/C10H18N2O3/c1-10(2,3)15-9(14)12-7-4-5-11-8(13)6-7/h7H,4-6H2,1-3H3,(H,11,13)(H,12,14)/t7-/m0/s1. The van der Waals surface area contributed by atoms with Gasteiger partial charge in [0.1, 0.15) is 5.60 Å². The molecule has 1 aliphatic heterocycles. The fourth-order valence-corrected chi connectivity index (χ4v) is 1.38. The van der Waals surface area contributed by atoms with E-state index in [0.717, 1.165) is 6.42 Å². The van der Waals surface area contributed by atoms with Gasteiger partial charge < -0.3 is 15.4 Å². The van der Waals surface area contributed by atoms with Crippen molar-refractivity contribution >= 4 is 12.0 Å². The van der Waals surface area contributed by atoms with Gasteiger partial charge in [-0.15, -0.1) is 0 Å². The average Bonchev–Trinajstić information content (AvgIpc) is 1.99. The van der Waals surface area contributed by atoms with Crippen LogP contribution in [-0.2, 0) is 9.53 Å². The van der Waals surface area contributed by atoms with E-state index in [1.807, 2.05) is 0 Å². The molecule has 1 aliphatic rings. The van der Waals surface area contributed by atoms with Crippen LogP contribution in [0.3, 0.4) is 0 Å². The van der Waals surface area contributed by atoms with Gasteiger partial charge in [-0.05, 0) is 27.2 Å². The molecule has 1 heterocycles. The zero-order valence-electron chi connectivity index (χ0n) is 9.42. The zero-order valence-corrected chi connectivity index (χ0v) is 9.42. The second-order valence-corrected chi connectivity index (χ2v) is 4.69. The van der Waals surface area contributed by atoms with Gasteiger partial charge in [-0.2, -0.15) is 0 Å². The molecule has 1 saturated heterocycles. The minimum atomic E-state index is -0.499. The van der Waals surface area contributed by atoms with E-state index >= 15 is 0 Å². The van der Waals surface area contributed by atoms with Crippen molar-refractivity contribution in [2.45, 2.75) is 45.3 Å². The van der Waals surface area contributed by atoms with E-state index in [1.165, 1.54) is 0 Å². The molecular formula is C10H18N2O3. The van der Waals surface area contributed by atoms with Crippen LogP contribution in [0.15, 0.2) is 0 Å². The summed E-state index contributed by atoms with van der Waals surface area (Å²) in [5, 5.41) is 5.39. The number of rotatable bonds is 1. The minimum absolute atomic E-state index is 0.0256. The molecule has 0 radical (unpaired) electrons. The van der Waals surface area contributed by atoms with Crippen LogP contribution < -0.4 is 10.6 Å². The van der Waals surface area contributed by atoms with Gasteiger partial charge in [0.05, 0.1) is 0 Å². The lowest BCUT2D eigenvalue weighted by Crippen LogP contribution is -2.46. The van der Waals surface area contributed by atoms with E-state index in [1.54, 1.807) is 20.8 Å². The smallest absolute Gasteiger partial charge is 0.407 e. The van der Waals surface area contributed by atoms with Crippen LogP contribution in [0.2, 0.25) is 0 Å². The molecule has 0 aromatic heterocycles. The number of hydrogen-bond donors (Lipinski definition) is 2. The highest BCUT2D eigenvalue weighted by Gasteiger charge is 2.23. The summed E-state index contributed by atoms with van der Waals surface area (Å²) in [6.45, 7) is 6.03. The highest BCUT2D eigenvalue weighted by molar-refractivity contribution is 5.78. The molecule has 1 rings (SSSR count). The molecule has 5 nitrogen and oxygen atoms in total. The molecule has 0 bridgehead atoms. The molecule has 5 heteroatoms. The molecular weight excluding hydrogens is 196 g/mol. The lowest BCUT2D eigenvalue weighted by molar-refractivity contribution is -0.122. The number of amides is 2. The molecule has 0 saturated carbocycles. The summed E-state index contributed by atoms with van der Waals surface area (Å²) in [6.07, 6.45) is 0.631. The summed E-state index contributed by atoms with van der Waals surface area (Å²) >= 11 is 0. The SMILES string of the molecule is CC(C)(C)OC(=O)N[C@H]1CCNC(=O)C1. The first-order valence-electron chi connectivity index (χ1n) is 5.13. The van der Waals surface area contributed by atoms with Crippen molar-refractivity contribution in [3.63, 3.8) is 0 Å². The summed E-state index contributed by atoms with van der Waals surface area (Å²) in [4.78, 5) is 22.4. The lowest BCUT2D eigenvalue weighted by Gasteiger charge is -2.25. The first kappa shape index (κ1) is 11.8. The molecule has 15 heavy (non-hydrogen) atoms. The van der Waals surface area contributed by atoms with E-state index < -0.39 is 11.7 Å². The monoisotopic (exact) mass is 214 g/mol. The van der Waals surface area contributed by atoms with E-state index in [2.05, 4.69) is 10.6 Å². The molecule has 1 atom stereocenters. The largest absolute Gasteiger partial charge is 0.444 e. The molecule has 0 aromatic rings.